The number of nitrogens with zero attached hydrogens (tertiary/aromatic N) is 1. The molecular formula is C14H23NO4. The van der Waals surface area contributed by atoms with Crippen molar-refractivity contribution in [1.29, 1.82) is 0 Å². The van der Waals surface area contributed by atoms with Gasteiger partial charge in [0.05, 0.1) is 33.0 Å². The number of hydrogen-bond acceptors (Lipinski definition) is 5. The molecule has 0 unspecified atom stereocenters. The molecule has 2 N–H and O–H groups in total. The molecule has 108 valence electrons. The average molecular weight is 269 g/mol. The van der Waals surface area contributed by atoms with Gasteiger partial charge in [-0.25, -0.2) is 0 Å². The molecule has 0 amide bonds. The summed E-state index contributed by atoms with van der Waals surface area (Å²) in [6.07, 6.45) is 0. The molecule has 0 aromatic heterocycles. The molecule has 0 spiro atoms. The first-order chi connectivity index (χ1) is 9.27. The summed E-state index contributed by atoms with van der Waals surface area (Å²) < 4.78 is 10.5. The lowest BCUT2D eigenvalue weighted by atomic mass is 10.2. The molecule has 0 fully saturated rings. The van der Waals surface area contributed by atoms with Crippen LogP contribution in [0.5, 0.6) is 5.75 Å². The molecule has 1 aromatic carbocycles. The summed E-state index contributed by atoms with van der Waals surface area (Å²) in [4.78, 5) is 2.13. The maximum absolute atomic E-state index is 9.45. The van der Waals surface area contributed by atoms with E-state index in [0.717, 1.165) is 18.8 Å². The number of ether oxygens (including phenoxy) is 2. The van der Waals surface area contributed by atoms with Crippen molar-refractivity contribution in [3.05, 3.63) is 24.3 Å². The van der Waals surface area contributed by atoms with Crippen LogP contribution in [0.4, 0.5) is 5.69 Å². The predicted molar refractivity (Wildman–Crippen MR) is 74.7 cm³/mol. The van der Waals surface area contributed by atoms with Crippen LogP contribution >= 0.6 is 0 Å². The first kappa shape index (κ1) is 15.8. The van der Waals surface area contributed by atoms with E-state index in [1.807, 2.05) is 12.1 Å². The van der Waals surface area contributed by atoms with Gasteiger partial charge in [-0.3, -0.25) is 0 Å². The van der Waals surface area contributed by atoms with E-state index in [9.17, 15) is 5.11 Å². The molecule has 0 saturated carbocycles. The lowest BCUT2D eigenvalue weighted by Gasteiger charge is -2.23. The molecule has 5 nitrogen and oxygen atoms in total. The fourth-order valence-electron chi connectivity index (χ4n) is 1.72. The average Bonchev–Trinajstić information content (AvgIpc) is 2.42. The Balaban J connectivity index is 2.22. The first-order valence-electron chi connectivity index (χ1n) is 6.58. The lowest BCUT2D eigenvalue weighted by molar-refractivity contribution is 0.0351. The van der Waals surface area contributed by atoms with Gasteiger partial charge in [-0.15, -0.1) is 0 Å². The second-order valence-corrected chi connectivity index (χ2v) is 4.05. The summed E-state index contributed by atoms with van der Waals surface area (Å²) in [5.74, 6) is 0.272. The summed E-state index contributed by atoms with van der Waals surface area (Å²) in [7, 11) is 0. The number of likely N-dealkylation sites (N-methyl/N-ethyl adjacent to an activating group) is 1. The van der Waals surface area contributed by atoms with Crippen molar-refractivity contribution in [2.45, 2.75) is 6.92 Å². The number of benzene rings is 1. The van der Waals surface area contributed by atoms with Crippen LogP contribution in [0.15, 0.2) is 24.3 Å². The Kier molecular flexibility index (Phi) is 7.97. The highest BCUT2D eigenvalue weighted by Gasteiger charge is 2.04. The summed E-state index contributed by atoms with van der Waals surface area (Å²) in [5, 5.41) is 18.0. The van der Waals surface area contributed by atoms with Crippen LogP contribution < -0.4 is 4.90 Å². The summed E-state index contributed by atoms with van der Waals surface area (Å²) in [6.45, 7) is 5.71. The van der Waals surface area contributed by atoms with Crippen molar-refractivity contribution in [3.8, 4) is 5.75 Å². The van der Waals surface area contributed by atoms with Gasteiger partial charge in [0.2, 0.25) is 0 Å². The molecule has 0 aliphatic heterocycles. The standard InChI is InChI=1S/C14H23NO4/c1-2-15(13-4-3-5-14(17)12-13)6-8-18-10-11-19-9-7-16/h3-5,12,16-17H,2,6-11H2,1H3. The highest BCUT2D eigenvalue weighted by atomic mass is 16.5. The minimum absolute atomic E-state index is 0.0428. The third kappa shape index (κ3) is 6.42. The number of aromatic hydroxyl groups is 1. The van der Waals surface area contributed by atoms with E-state index in [1.54, 1.807) is 12.1 Å². The molecular weight excluding hydrogens is 246 g/mol. The molecule has 0 aliphatic rings. The van der Waals surface area contributed by atoms with Crippen LogP contribution in [0.2, 0.25) is 0 Å². The fraction of sp³-hybridized carbons (Fsp3) is 0.571. The zero-order valence-electron chi connectivity index (χ0n) is 11.4. The number of hydrogen-bond donors (Lipinski definition) is 2. The minimum atomic E-state index is 0.0428. The maximum Gasteiger partial charge on any atom is 0.117 e. The van der Waals surface area contributed by atoms with E-state index in [1.165, 1.54) is 0 Å². The Morgan fingerprint density at radius 3 is 2.47 bits per heavy atom. The van der Waals surface area contributed by atoms with Gasteiger partial charge in [0, 0.05) is 24.8 Å². The Bertz CT molecular complexity index is 346. The van der Waals surface area contributed by atoms with Gasteiger partial charge < -0.3 is 24.6 Å². The highest BCUT2D eigenvalue weighted by molar-refractivity contribution is 5.50. The van der Waals surface area contributed by atoms with Gasteiger partial charge in [0.25, 0.3) is 0 Å². The molecule has 0 atom stereocenters. The van der Waals surface area contributed by atoms with E-state index >= 15 is 0 Å². The molecule has 5 heteroatoms. The van der Waals surface area contributed by atoms with Crippen LogP contribution in [-0.4, -0.2) is 56.3 Å². The normalized spacial score (nSPS) is 10.6. The number of aliphatic hydroxyl groups excluding tert-OH is 1. The van der Waals surface area contributed by atoms with Gasteiger partial charge in [-0.05, 0) is 19.1 Å². The summed E-state index contributed by atoms with van der Waals surface area (Å²) in [6, 6.07) is 7.20. The summed E-state index contributed by atoms with van der Waals surface area (Å²) >= 11 is 0. The van der Waals surface area contributed by atoms with Crippen LogP contribution in [0.25, 0.3) is 0 Å². The van der Waals surface area contributed by atoms with E-state index in [4.69, 9.17) is 14.6 Å². The number of anilines is 1. The number of rotatable bonds is 10. The predicted octanol–water partition coefficient (Wildman–Crippen LogP) is 1.24. The number of aliphatic hydroxyl groups is 1. The molecule has 19 heavy (non-hydrogen) atoms. The smallest absolute Gasteiger partial charge is 0.117 e. The Morgan fingerprint density at radius 2 is 1.84 bits per heavy atom. The van der Waals surface area contributed by atoms with Crippen molar-refractivity contribution in [3.63, 3.8) is 0 Å². The topological polar surface area (TPSA) is 62.2 Å². The summed E-state index contributed by atoms with van der Waals surface area (Å²) in [5.41, 5.74) is 0.989. The second kappa shape index (κ2) is 9.61. The van der Waals surface area contributed by atoms with Gasteiger partial charge in [0.1, 0.15) is 5.75 Å². The van der Waals surface area contributed by atoms with Crippen molar-refractivity contribution in [1.82, 2.24) is 0 Å². The van der Waals surface area contributed by atoms with E-state index in [0.29, 0.717) is 26.4 Å². The maximum atomic E-state index is 9.45. The minimum Gasteiger partial charge on any atom is -0.508 e. The van der Waals surface area contributed by atoms with Gasteiger partial charge in [0.15, 0.2) is 0 Å². The molecule has 1 aromatic rings. The highest BCUT2D eigenvalue weighted by Crippen LogP contribution is 2.19. The zero-order chi connectivity index (χ0) is 13.9. The second-order valence-electron chi connectivity index (χ2n) is 4.05. The van der Waals surface area contributed by atoms with Crippen molar-refractivity contribution >= 4 is 5.69 Å². The van der Waals surface area contributed by atoms with Gasteiger partial charge in [-0.1, -0.05) is 6.07 Å². The van der Waals surface area contributed by atoms with Crippen molar-refractivity contribution in [2.24, 2.45) is 0 Å². The molecule has 0 aliphatic carbocycles. The largest absolute Gasteiger partial charge is 0.508 e. The zero-order valence-corrected chi connectivity index (χ0v) is 11.4. The van der Waals surface area contributed by atoms with Crippen LogP contribution in [0, 0.1) is 0 Å². The quantitative estimate of drug-likeness (QED) is 0.626. The molecule has 0 saturated heterocycles. The Labute approximate surface area is 114 Å². The monoisotopic (exact) mass is 269 g/mol. The molecule has 0 bridgehead atoms. The third-order valence-electron chi connectivity index (χ3n) is 2.69. The van der Waals surface area contributed by atoms with Crippen LogP contribution in [0.3, 0.4) is 0 Å². The van der Waals surface area contributed by atoms with Crippen molar-refractivity contribution in [2.75, 3.05) is 51.0 Å². The van der Waals surface area contributed by atoms with Crippen LogP contribution in [-0.2, 0) is 9.47 Å². The van der Waals surface area contributed by atoms with Gasteiger partial charge in [-0.2, -0.15) is 0 Å². The Morgan fingerprint density at radius 1 is 1.11 bits per heavy atom. The van der Waals surface area contributed by atoms with E-state index in [2.05, 4.69) is 11.8 Å². The third-order valence-corrected chi connectivity index (χ3v) is 2.69. The number of phenolic OH excluding ortho intramolecular Hbond substituents is 1. The molecule has 1 rings (SSSR count). The lowest BCUT2D eigenvalue weighted by Crippen LogP contribution is -2.27. The fourth-order valence-corrected chi connectivity index (χ4v) is 1.72. The molecule has 0 radical (unpaired) electrons. The Hall–Kier alpha value is -1.30. The molecule has 0 heterocycles. The van der Waals surface area contributed by atoms with E-state index < -0.39 is 0 Å². The number of phenols is 1. The first-order valence-corrected chi connectivity index (χ1v) is 6.58. The SMILES string of the molecule is CCN(CCOCCOCCO)c1cccc(O)c1. The van der Waals surface area contributed by atoms with Crippen molar-refractivity contribution < 1.29 is 19.7 Å². The van der Waals surface area contributed by atoms with E-state index in [-0.39, 0.29) is 12.4 Å². The van der Waals surface area contributed by atoms with Crippen LogP contribution in [0.1, 0.15) is 6.92 Å². The van der Waals surface area contributed by atoms with Gasteiger partial charge >= 0.3 is 0 Å².